The minimum Gasteiger partial charge on any atom is -0.361 e. The smallest absolute Gasteiger partial charge is 0.220 e. The average Bonchev–Trinajstić information content (AvgIpc) is 3.05. The van der Waals surface area contributed by atoms with Gasteiger partial charge in [0.25, 0.3) is 0 Å². The molecule has 1 amide bonds. The van der Waals surface area contributed by atoms with Crippen LogP contribution in [-0.4, -0.2) is 16.9 Å². The number of hydrogen-bond donors (Lipinski definition) is 2. The first-order valence-electron chi connectivity index (χ1n) is 6.82. The summed E-state index contributed by atoms with van der Waals surface area (Å²) in [6, 6.07) is 8.52. The number of hydrogen-bond acceptors (Lipinski definition) is 1. The molecule has 3 rings (SSSR count). The molecule has 1 heterocycles. The zero-order valence-electron chi connectivity index (χ0n) is 10.9. The van der Waals surface area contributed by atoms with Crippen LogP contribution in [0.5, 0.6) is 0 Å². The van der Waals surface area contributed by atoms with Gasteiger partial charge in [0.15, 0.2) is 0 Å². The molecule has 0 fully saturated rings. The van der Waals surface area contributed by atoms with Crippen LogP contribution >= 0.6 is 0 Å². The highest BCUT2D eigenvalue weighted by molar-refractivity contribution is 5.84. The van der Waals surface area contributed by atoms with Gasteiger partial charge < -0.3 is 10.3 Å². The summed E-state index contributed by atoms with van der Waals surface area (Å²) in [7, 11) is 0. The Bertz CT molecular complexity index is 604. The lowest BCUT2D eigenvalue weighted by molar-refractivity contribution is -0.121. The number of H-pyrrole nitrogens is 1. The zero-order chi connectivity index (χ0) is 13.1. The molecule has 0 spiro atoms. The molecule has 3 nitrogen and oxygen atoms in total. The van der Waals surface area contributed by atoms with Gasteiger partial charge in [-0.2, -0.15) is 0 Å². The van der Waals surface area contributed by atoms with E-state index in [2.05, 4.69) is 34.6 Å². The Morgan fingerprint density at radius 2 is 2.05 bits per heavy atom. The molecule has 3 heteroatoms. The largest absolute Gasteiger partial charge is 0.361 e. The molecular formula is C16H18N2O. The molecule has 1 aromatic carbocycles. The van der Waals surface area contributed by atoms with Crippen LogP contribution in [0.4, 0.5) is 0 Å². The number of fused-ring (bicyclic) bond motifs is 1. The second-order valence-electron chi connectivity index (χ2n) is 5.07. The molecule has 0 saturated carbocycles. The van der Waals surface area contributed by atoms with E-state index in [1.54, 1.807) is 0 Å². The Balaban J connectivity index is 1.58. The number of benzene rings is 1. The molecule has 1 aliphatic carbocycles. The van der Waals surface area contributed by atoms with Crippen molar-refractivity contribution in [3.8, 4) is 0 Å². The normalized spacial score (nSPS) is 15.2. The Morgan fingerprint density at radius 1 is 1.26 bits per heavy atom. The molecule has 0 unspecified atom stereocenters. The number of amides is 1. The fraction of sp³-hybridized carbons (Fsp3) is 0.312. The van der Waals surface area contributed by atoms with Gasteiger partial charge in [0.2, 0.25) is 5.91 Å². The summed E-state index contributed by atoms with van der Waals surface area (Å²) in [5.74, 6) is 0.152. The third-order valence-electron chi connectivity index (χ3n) is 3.67. The summed E-state index contributed by atoms with van der Waals surface area (Å²) in [5, 5.41) is 4.30. The van der Waals surface area contributed by atoms with Gasteiger partial charge in [-0.25, -0.2) is 0 Å². The van der Waals surface area contributed by atoms with Crippen molar-refractivity contribution < 1.29 is 4.79 Å². The van der Waals surface area contributed by atoms with Gasteiger partial charge in [0.1, 0.15) is 0 Å². The van der Waals surface area contributed by atoms with E-state index in [0.29, 0.717) is 12.5 Å². The van der Waals surface area contributed by atoms with Crippen molar-refractivity contribution in [3.05, 3.63) is 48.2 Å². The number of aryl methyl sites for hydroxylation is 1. The van der Waals surface area contributed by atoms with E-state index in [4.69, 9.17) is 0 Å². The first-order valence-corrected chi connectivity index (χ1v) is 6.82. The first-order chi connectivity index (χ1) is 9.33. The van der Waals surface area contributed by atoms with E-state index >= 15 is 0 Å². The zero-order valence-corrected chi connectivity index (χ0v) is 10.9. The standard InChI is InChI=1S/C16H18N2O/c19-16(18-13-5-1-2-6-13)10-9-12-11-17-15-8-4-3-7-14(12)15/h1-4,7-8,11,13,17H,5-6,9-10H2,(H,18,19). The number of carbonyl (C=O) groups is 1. The minimum atomic E-state index is 0.152. The van der Waals surface area contributed by atoms with Gasteiger partial charge in [-0.1, -0.05) is 30.4 Å². The number of aromatic amines is 1. The average molecular weight is 254 g/mol. The molecule has 98 valence electrons. The second kappa shape index (κ2) is 5.31. The molecule has 0 atom stereocenters. The quantitative estimate of drug-likeness (QED) is 0.810. The molecule has 0 radical (unpaired) electrons. The van der Waals surface area contributed by atoms with Gasteiger partial charge in [0.05, 0.1) is 0 Å². The van der Waals surface area contributed by atoms with Gasteiger partial charge in [-0.15, -0.1) is 0 Å². The lowest BCUT2D eigenvalue weighted by Gasteiger charge is -2.11. The van der Waals surface area contributed by atoms with Crippen molar-refractivity contribution in [3.63, 3.8) is 0 Å². The number of rotatable bonds is 4. The van der Waals surface area contributed by atoms with Crippen LogP contribution in [0.3, 0.4) is 0 Å². The molecule has 2 N–H and O–H groups in total. The lowest BCUT2D eigenvalue weighted by Crippen LogP contribution is -2.32. The highest BCUT2D eigenvalue weighted by atomic mass is 16.1. The van der Waals surface area contributed by atoms with Crippen LogP contribution in [-0.2, 0) is 11.2 Å². The summed E-state index contributed by atoms with van der Waals surface area (Å²) >= 11 is 0. The second-order valence-corrected chi connectivity index (χ2v) is 5.07. The van der Waals surface area contributed by atoms with E-state index in [0.717, 1.165) is 24.8 Å². The van der Waals surface area contributed by atoms with E-state index in [-0.39, 0.29) is 5.91 Å². The van der Waals surface area contributed by atoms with Crippen molar-refractivity contribution in [2.45, 2.75) is 31.7 Å². The van der Waals surface area contributed by atoms with Crippen LogP contribution < -0.4 is 5.32 Å². The van der Waals surface area contributed by atoms with Crippen molar-refractivity contribution in [2.24, 2.45) is 0 Å². The van der Waals surface area contributed by atoms with Crippen LogP contribution in [0.25, 0.3) is 10.9 Å². The van der Waals surface area contributed by atoms with Crippen molar-refractivity contribution in [1.82, 2.24) is 10.3 Å². The molecule has 1 aromatic heterocycles. The van der Waals surface area contributed by atoms with Crippen molar-refractivity contribution in [1.29, 1.82) is 0 Å². The molecule has 1 aliphatic rings. The Morgan fingerprint density at radius 3 is 2.89 bits per heavy atom. The number of para-hydroxylation sites is 1. The SMILES string of the molecule is O=C(CCc1c[nH]c2ccccc12)NC1CC=CC1. The first kappa shape index (κ1) is 12.0. The third-order valence-corrected chi connectivity index (χ3v) is 3.67. The fourth-order valence-electron chi connectivity index (χ4n) is 2.62. The van der Waals surface area contributed by atoms with Gasteiger partial charge >= 0.3 is 0 Å². The van der Waals surface area contributed by atoms with Gasteiger partial charge in [-0.05, 0) is 30.9 Å². The highest BCUT2D eigenvalue weighted by Crippen LogP contribution is 2.19. The summed E-state index contributed by atoms with van der Waals surface area (Å²) in [6.45, 7) is 0. The van der Waals surface area contributed by atoms with Crippen molar-refractivity contribution >= 4 is 16.8 Å². The van der Waals surface area contributed by atoms with E-state index in [1.165, 1.54) is 10.9 Å². The predicted molar refractivity (Wildman–Crippen MR) is 76.9 cm³/mol. The maximum Gasteiger partial charge on any atom is 0.220 e. The number of aromatic nitrogens is 1. The molecule has 2 aromatic rings. The van der Waals surface area contributed by atoms with Crippen LogP contribution in [0.15, 0.2) is 42.6 Å². The molecule has 0 bridgehead atoms. The van der Waals surface area contributed by atoms with Gasteiger partial charge in [0, 0.05) is 29.6 Å². The monoisotopic (exact) mass is 254 g/mol. The van der Waals surface area contributed by atoms with E-state index in [9.17, 15) is 4.79 Å². The summed E-state index contributed by atoms with van der Waals surface area (Å²) in [4.78, 5) is 15.1. The predicted octanol–water partition coefficient (Wildman–Crippen LogP) is 2.94. The van der Waals surface area contributed by atoms with Crippen molar-refractivity contribution in [2.75, 3.05) is 0 Å². The molecule has 19 heavy (non-hydrogen) atoms. The minimum absolute atomic E-state index is 0.152. The maximum atomic E-state index is 11.9. The Hall–Kier alpha value is -2.03. The van der Waals surface area contributed by atoms with Gasteiger partial charge in [-0.3, -0.25) is 4.79 Å². The van der Waals surface area contributed by atoms with E-state index in [1.807, 2.05) is 18.3 Å². The molecule has 0 aliphatic heterocycles. The van der Waals surface area contributed by atoms with Crippen LogP contribution in [0, 0.1) is 0 Å². The molecule has 0 saturated heterocycles. The summed E-state index contributed by atoms with van der Waals surface area (Å²) < 4.78 is 0. The Labute approximate surface area is 112 Å². The summed E-state index contributed by atoms with van der Waals surface area (Å²) in [5.41, 5.74) is 2.35. The van der Waals surface area contributed by atoms with Crippen LogP contribution in [0.1, 0.15) is 24.8 Å². The lowest BCUT2D eigenvalue weighted by atomic mass is 10.1. The molecular weight excluding hydrogens is 236 g/mol. The Kier molecular flexibility index (Phi) is 3.36. The van der Waals surface area contributed by atoms with E-state index < -0.39 is 0 Å². The topological polar surface area (TPSA) is 44.9 Å². The maximum absolute atomic E-state index is 11.9. The number of carbonyl (C=O) groups excluding carboxylic acids is 1. The number of nitrogens with one attached hydrogen (secondary N) is 2. The fourth-order valence-corrected chi connectivity index (χ4v) is 2.62. The highest BCUT2D eigenvalue weighted by Gasteiger charge is 2.13. The third kappa shape index (κ3) is 2.70. The summed E-state index contributed by atoms with van der Waals surface area (Å²) in [6.07, 6.45) is 9.55. The van der Waals surface area contributed by atoms with Crippen LogP contribution in [0.2, 0.25) is 0 Å².